The molecule has 0 saturated carbocycles. The third-order valence-corrected chi connectivity index (χ3v) is 1.80. The van der Waals surface area contributed by atoms with Gasteiger partial charge in [-0.15, -0.1) is 10.2 Å². The van der Waals surface area contributed by atoms with Crippen molar-refractivity contribution in [1.82, 2.24) is 20.4 Å². The van der Waals surface area contributed by atoms with Gasteiger partial charge in [0.2, 0.25) is 0 Å². The second-order valence-corrected chi connectivity index (χ2v) is 3.40. The molecule has 0 aromatic carbocycles. The largest absolute Gasteiger partial charge is 0.382 e. The zero-order chi connectivity index (χ0) is 12.0. The van der Waals surface area contributed by atoms with Gasteiger partial charge in [-0.3, -0.25) is 0 Å². The van der Waals surface area contributed by atoms with Gasteiger partial charge in [0, 0.05) is 27.2 Å². The van der Waals surface area contributed by atoms with Crippen molar-refractivity contribution in [3.8, 4) is 0 Å². The molecule has 1 heterocycles. The molecule has 16 heavy (non-hydrogen) atoms. The summed E-state index contributed by atoms with van der Waals surface area (Å²) in [5, 5.41) is 13.2. The summed E-state index contributed by atoms with van der Waals surface area (Å²) < 4.78 is 0. The number of urea groups is 1. The number of hydrogen-bond acceptors (Lipinski definition) is 5. The fourth-order valence-corrected chi connectivity index (χ4v) is 0.955. The van der Waals surface area contributed by atoms with E-state index in [9.17, 15) is 4.79 Å². The molecule has 0 aliphatic heterocycles. The van der Waals surface area contributed by atoms with Crippen LogP contribution in [-0.4, -0.2) is 48.3 Å². The van der Waals surface area contributed by atoms with Crippen LogP contribution in [0.3, 0.4) is 0 Å². The predicted molar refractivity (Wildman–Crippen MR) is 62.0 cm³/mol. The van der Waals surface area contributed by atoms with Crippen LogP contribution in [0, 0.1) is 0 Å². The Bertz CT molecular complexity index is 336. The number of nitrogens with zero attached hydrogens (tertiary/aromatic N) is 3. The summed E-state index contributed by atoms with van der Waals surface area (Å²) >= 11 is 0. The van der Waals surface area contributed by atoms with Crippen molar-refractivity contribution in [3.63, 3.8) is 0 Å². The predicted octanol–water partition coefficient (Wildman–Crippen LogP) is -0.258. The number of aromatic nitrogens is 2. The molecule has 0 bridgehead atoms. The molecule has 88 valence electrons. The number of nitrogen functional groups attached to an aromatic ring is 1. The van der Waals surface area contributed by atoms with Gasteiger partial charge in [-0.25, -0.2) is 4.79 Å². The van der Waals surface area contributed by atoms with E-state index in [2.05, 4.69) is 20.8 Å². The zero-order valence-corrected chi connectivity index (χ0v) is 9.40. The normalized spacial score (nSPS) is 9.62. The number of carbonyl (C=O) groups excluding carboxylic acids is 1. The molecule has 0 unspecified atom stereocenters. The van der Waals surface area contributed by atoms with Crippen LogP contribution in [0.25, 0.3) is 0 Å². The molecule has 0 aliphatic rings. The minimum atomic E-state index is -0.120. The molecular weight excluding hydrogens is 208 g/mol. The highest BCUT2D eigenvalue weighted by Crippen LogP contribution is 2.01. The van der Waals surface area contributed by atoms with Gasteiger partial charge in [0.05, 0.1) is 0 Å². The molecular formula is C9H16N6O. The Morgan fingerprint density at radius 1 is 1.38 bits per heavy atom. The molecule has 0 radical (unpaired) electrons. The summed E-state index contributed by atoms with van der Waals surface area (Å²) in [5.41, 5.74) is 5.39. The van der Waals surface area contributed by atoms with Crippen LogP contribution in [0.15, 0.2) is 12.1 Å². The Hall–Kier alpha value is -2.05. The van der Waals surface area contributed by atoms with Gasteiger partial charge < -0.3 is 21.3 Å². The van der Waals surface area contributed by atoms with Gasteiger partial charge >= 0.3 is 6.03 Å². The first-order valence-corrected chi connectivity index (χ1v) is 4.88. The van der Waals surface area contributed by atoms with Gasteiger partial charge in [-0.1, -0.05) is 0 Å². The van der Waals surface area contributed by atoms with Crippen LogP contribution >= 0.6 is 0 Å². The van der Waals surface area contributed by atoms with E-state index in [1.165, 1.54) is 4.90 Å². The van der Waals surface area contributed by atoms with Gasteiger partial charge in [0.25, 0.3) is 0 Å². The Morgan fingerprint density at radius 2 is 2.12 bits per heavy atom. The minimum absolute atomic E-state index is 0.120. The Labute approximate surface area is 94.0 Å². The standard InChI is InChI=1S/C9H16N6O/c1-15(2)9(16)12-6-5-11-8-4-3-7(10)13-14-8/h3-4H,5-6H2,1-2H3,(H2,10,13)(H,11,14)(H,12,16). The molecule has 7 heteroatoms. The summed E-state index contributed by atoms with van der Waals surface area (Å²) in [4.78, 5) is 12.6. The number of nitrogens with two attached hydrogens (primary N) is 1. The SMILES string of the molecule is CN(C)C(=O)NCCNc1ccc(N)nn1. The first-order valence-electron chi connectivity index (χ1n) is 4.88. The number of carbonyl (C=O) groups is 1. The van der Waals surface area contributed by atoms with E-state index in [1.54, 1.807) is 26.2 Å². The van der Waals surface area contributed by atoms with Crippen molar-refractivity contribution in [2.45, 2.75) is 0 Å². The molecule has 1 rings (SSSR count). The maximum atomic E-state index is 11.1. The summed E-state index contributed by atoms with van der Waals surface area (Å²) in [6.45, 7) is 1.10. The second-order valence-electron chi connectivity index (χ2n) is 3.40. The minimum Gasteiger partial charge on any atom is -0.382 e. The lowest BCUT2D eigenvalue weighted by molar-refractivity contribution is 0.218. The number of anilines is 2. The van der Waals surface area contributed by atoms with Gasteiger partial charge in [-0.05, 0) is 12.1 Å². The Balaban J connectivity index is 2.21. The van der Waals surface area contributed by atoms with Gasteiger partial charge in [-0.2, -0.15) is 0 Å². The van der Waals surface area contributed by atoms with Crippen molar-refractivity contribution >= 4 is 17.7 Å². The third-order valence-electron chi connectivity index (χ3n) is 1.80. The van der Waals surface area contributed by atoms with Gasteiger partial charge in [0.1, 0.15) is 11.6 Å². The summed E-state index contributed by atoms with van der Waals surface area (Å²) in [6, 6.07) is 3.27. The number of hydrogen-bond donors (Lipinski definition) is 3. The molecule has 4 N–H and O–H groups in total. The van der Waals surface area contributed by atoms with Gasteiger partial charge in [0.15, 0.2) is 0 Å². The third kappa shape index (κ3) is 3.99. The molecule has 1 aromatic rings. The molecule has 1 aromatic heterocycles. The summed E-state index contributed by atoms with van der Waals surface area (Å²) in [5.74, 6) is 1.01. The summed E-state index contributed by atoms with van der Waals surface area (Å²) in [7, 11) is 3.38. The van der Waals surface area contributed by atoms with E-state index < -0.39 is 0 Å². The van der Waals surface area contributed by atoms with Crippen molar-refractivity contribution < 1.29 is 4.79 Å². The number of amides is 2. The Kier molecular flexibility index (Phi) is 4.31. The van der Waals surface area contributed by atoms with Crippen LogP contribution in [0.2, 0.25) is 0 Å². The average Bonchev–Trinajstić information content (AvgIpc) is 2.26. The highest BCUT2D eigenvalue weighted by molar-refractivity contribution is 5.73. The lowest BCUT2D eigenvalue weighted by atomic mass is 10.5. The Morgan fingerprint density at radius 3 is 2.69 bits per heavy atom. The van der Waals surface area contributed by atoms with Crippen LogP contribution < -0.4 is 16.4 Å². The maximum Gasteiger partial charge on any atom is 0.316 e. The smallest absolute Gasteiger partial charge is 0.316 e. The molecule has 0 atom stereocenters. The number of nitrogens with one attached hydrogen (secondary N) is 2. The zero-order valence-electron chi connectivity index (χ0n) is 9.40. The second kappa shape index (κ2) is 5.74. The highest BCUT2D eigenvalue weighted by Gasteiger charge is 2.00. The maximum absolute atomic E-state index is 11.1. The van der Waals surface area contributed by atoms with Crippen molar-refractivity contribution in [3.05, 3.63) is 12.1 Å². The molecule has 0 saturated heterocycles. The van der Waals surface area contributed by atoms with Crippen LogP contribution in [0.1, 0.15) is 0 Å². The van der Waals surface area contributed by atoms with E-state index >= 15 is 0 Å². The van der Waals surface area contributed by atoms with E-state index in [1.807, 2.05) is 0 Å². The van der Waals surface area contributed by atoms with E-state index in [4.69, 9.17) is 5.73 Å². The fraction of sp³-hybridized carbons (Fsp3) is 0.444. The average molecular weight is 224 g/mol. The van der Waals surface area contributed by atoms with Crippen LogP contribution in [0.4, 0.5) is 16.4 Å². The van der Waals surface area contributed by atoms with Crippen LogP contribution in [0.5, 0.6) is 0 Å². The molecule has 7 nitrogen and oxygen atoms in total. The van der Waals surface area contributed by atoms with Crippen molar-refractivity contribution in [2.75, 3.05) is 38.2 Å². The van der Waals surface area contributed by atoms with Crippen LogP contribution in [-0.2, 0) is 0 Å². The molecule has 0 spiro atoms. The number of rotatable bonds is 4. The van der Waals surface area contributed by atoms with E-state index in [-0.39, 0.29) is 6.03 Å². The topological polar surface area (TPSA) is 96.2 Å². The van der Waals surface area contributed by atoms with Crippen molar-refractivity contribution in [1.29, 1.82) is 0 Å². The highest BCUT2D eigenvalue weighted by atomic mass is 16.2. The summed E-state index contributed by atoms with van der Waals surface area (Å²) in [6.07, 6.45) is 0. The molecule has 0 aliphatic carbocycles. The molecule has 2 amide bonds. The van der Waals surface area contributed by atoms with E-state index in [0.29, 0.717) is 24.7 Å². The first-order chi connectivity index (χ1) is 7.59. The van der Waals surface area contributed by atoms with E-state index in [0.717, 1.165) is 0 Å². The first kappa shape index (κ1) is 12.0. The molecule has 0 fully saturated rings. The monoisotopic (exact) mass is 224 g/mol. The quantitative estimate of drug-likeness (QED) is 0.612. The lowest BCUT2D eigenvalue weighted by Crippen LogP contribution is -2.37. The lowest BCUT2D eigenvalue weighted by Gasteiger charge is -2.12. The van der Waals surface area contributed by atoms with Crippen molar-refractivity contribution in [2.24, 2.45) is 0 Å². The fourth-order valence-electron chi connectivity index (χ4n) is 0.955.